The van der Waals surface area contributed by atoms with Crippen molar-refractivity contribution < 1.29 is 9.47 Å². The minimum Gasteiger partial charge on any atom is -0.383 e. The van der Waals surface area contributed by atoms with Crippen molar-refractivity contribution in [3.8, 4) is 0 Å². The first-order chi connectivity index (χ1) is 9.70. The van der Waals surface area contributed by atoms with Crippen LogP contribution in [0.1, 0.15) is 12.5 Å². The Bertz CT molecular complexity index is 428. The minimum absolute atomic E-state index is 0.261. The summed E-state index contributed by atoms with van der Waals surface area (Å²) >= 11 is 6.16. The number of hydrogen-bond donors (Lipinski definition) is 1. The van der Waals surface area contributed by atoms with Gasteiger partial charge in [0, 0.05) is 44.0 Å². The molecule has 1 aromatic rings. The molecule has 2 rings (SSSR count). The first-order valence-corrected chi connectivity index (χ1v) is 7.43. The van der Waals surface area contributed by atoms with Crippen LogP contribution in [0.5, 0.6) is 0 Å². The Kier molecular flexibility index (Phi) is 6.10. The van der Waals surface area contributed by atoms with Crippen LogP contribution in [0.2, 0.25) is 5.02 Å². The molecular weight excluding hydrogens is 276 g/mol. The normalized spacial score (nSPS) is 19.4. The molecule has 112 valence electrons. The summed E-state index contributed by atoms with van der Waals surface area (Å²) in [4.78, 5) is 2.35. The molecule has 1 aliphatic heterocycles. The largest absolute Gasteiger partial charge is 0.383 e. The maximum atomic E-state index is 6.16. The predicted octanol–water partition coefficient (Wildman–Crippen LogP) is 2.30. The Balaban J connectivity index is 2.06. The lowest BCUT2D eigenvalue weighted by atomic mass is 10.1. The second-order valence-corrected chi connectivity index (χ2v) is 5.51. The highest BCUT2D eigenvalue weighted by Crippen LogP contribution is 2.26. The summed E-state index contributed by atoms with van der Waals surface area (Å²) in [5.74, 6) is 0. The van der Waals surface area contributed by atoms with Crippen molar-refractivity contribution >= 4 is 17.3 Å². The van der Waals surface area contributed by atoms with Crippen LogP contribution >= 0.6 is 11.6 Å². The van der Waals surface area contributed by atoms with E-state index in [1.54, 1.807) is 7.11 Å². The molecule has 1 N–H and O–H groups in total. The van der Waals surface area contributed by atoms with Gasteiger partial charge in [0.05, 0.1) is 19.3 Å². The van der Waals surface area contributed by atoms with E-state index < -0.39 is 0 Å². The van der Waals surface area contributed by atoms with Crippen LogP contribution in [-0.4, -0.2) is 46.1 Å². The van der Waals surface area contributed by atoms with Crippen molar-refractivity contribution in [2.24, 2.45) is 0 Å². The highest BCUT2D eigenvalue weighted by molar-refractivity contribution is 6.30. The Morgan fingerprint density at radius 1 is 1.50 bits per heavy atom. The van der Waals surface area contributed by atoms with E-state index in [1.165, 1.54) is 11.3 Å². The van der Waals surface area contributed by atoms with Crippen molar-refractivity contribution in [2.45, 2.75) is 19.6 Å². The molecule has 0 aliphatic carbocycles. The number of nitrogens with zero attached hydrogens (tertiary/aromatic N) is 1. The molecule has 1 aliphatic rings. The fourth-order valence-electron chi connectivity index (χ4n) is 2.42. The third-order valence-corrected chi connectivity index (χ3v) is 3.66. The number of methoxy groups -OCH3 is 1. The molecule has 0 amide bonds. The topological polar surface area (TPSA) is 33.7 Å². The van der Waals surface area contributed by atoms with Gasteiger partial charge in [0.15, 0.2) is 0 Å². The number of hydrogen-bond acceptors (Lipinski definition) is 4. The third-order valence-electron chi connectivity index (χ3n) is 3.43. The second kappa shape index (κ2) is 7.84. The fourth-order valence-corrected chi connectivity index (χ4v) is 2.58. The van der Waals surface area contributed by atoms with E-state index in [4.69, 9.17) is 21.1 Å². The molecule has 1 atom stereocenters. The molecule has 20 heavy (non-hydrogen) atoms. The standard InChI is InChI=1S/C15H23ClN2O2/c1-12-11-18(6-8-20-12)15-9-14(16)4-3-13(15)10-17-5-7-19-2/h3-4,9,12,17H,5-8,10-11H2,1-2H3. The summed E-state index contributed by atoms with van der Waals surface area (Å²) in [7, 11) is 1.71. The summed E-state index contributed by atoms with van der Waals surface area (Å²) in [6, 6.07) is 6.09. The average Bonchev–Trinajstić information content (AvgIpc) is 2.45. The lowest BCUT2D eigenvalue weighted by Crippen LogP contribution is -2.41. The minimum atomic E-state index is 0.261. The molecule has 1 fully saturated rings. The number of halogens is 1. The van der Waals surface area contributed by atoms with Crippen LogP contribution in [0.25, 0.3) is 0 Å². The lowest BCUT2D eigenvalue weighted by molar-refractivity contribution is 0.0531. The second-order valence-electron chi connectivity index (χ2n) is 5.07. The Labute approximate surface area is 126 Å². The van der Waals surface area contributed by atoms with Gasteiger partial charge in [0.2, 0.25) is 0 Å². The van der Waals surface area contributed by atoms with Crippen molar-refractivity contribution in [2.75, 3.05) is 44.9 Å². The van der Waals surface area contributed by atoms with Crippen LogP contribution in [0.3, 0.4) is 0 Å². The van der Waals surface area contributed by atoms with E-state index in [0.717, 1.165) is 44.4 Å². The molecule has 0 radical (unpaired) electrons. The van der Waals surface area contributed by atoms with Crippen molar-refractivity contribution in [3.05, 3.63) is 28.8 Å². The van der Waals surface area contributed by atoms with Gasteiger partial charge in [0.25, 0.3) is 0 Å². The monoisotopic (exact) mass is 298 g/mol. The summed E-state index contributed by atoms with van der Waals surface area (Å²) < 4.78 is 10.7. The Morgan fingerprint density at radius 3 is 3.10 bits per heavy atom. The van der Waals surface area contributed by atoms with Crippen molar-refractivity contribution in [1.82, 2.24) is 5.32 Å². The van der Waals surface area contributed by atoms with Crippen LogP contribution in [0, 0.1) is 0 Å². The molecule has 5 heteroatoms. The number of nitrogens with one attached hydrogen (secondary N) is 1. The zero-order chi connectivity index (χ0) is 14.4. The van der Waals surface area contributed by atoms with E-state index in [2.05, 4.69) is 23.2 Å². The maximum absolute atomic E-state index is 6.16. The quantitative estimate of drug-likeness (QED) is 0.817. The molecule has 4 nitrogen and oxygen atoms in total. The molecule has 1 unspecified atom stereocenters. The van der Waals surface area contributed by atoms with E-state index in [0.29, 0.717) is 0 Å². The number of morpholine rings is 1. The van der Waals surface area contributed by atoms with Gasteiger partial charge in [-0.25, -0.2) is 0 Å². The van der Waals surface area contributed by atoms with Gasteiger partial charge >= 0.3 is 0 Å². The smallest absolute Gasteiger partial charge is 0.0722 e. The SMILES string of the molecule is COCCNCc1ccc(Cl)cc1N1CCOC(C)C1. The zero-order valence-electron chi connectivity index (χ0n) is 12.2. The first kappa shape index (κ1) is 15.6. The van der Waals surface area contributed by atoms with Gasteiger partial charge in [-0.15, -0.1) is 0 Å². The Morgan fingerprint density at radius 2 is 2.35 bits per heavy atom. The van der Waals surface area contributed by atoms with Gasteiger partial charge in [0.1, 0.15) is 0 Å². The van der Waals surface area contributed by atoms with Crippen molar-refractivity contribution in [1.29, 1.82) is 0 Å². The third kappa shape index (κ3) is 4.35. The average molecular weight is 299 g/mol. The van der Waals surface area contributed by atoms with E-state index in [9.17, 15) is 0 Å². The number of anilines is 1. The number of benzene rings is 1. The number of rotatable bonds is 6. The van der Waals surface area contributed by atoms with Gasteiger partial charge in [-0.1, -0.05) is 17.7 Å². The summed E-state index contributed by atoms with van der Waals surface area (Å²) in [5, 5.41) is 4.16. The van der Waals surface area contributed by atoms with E-state index in [1.807, 2.05) is 12.1 Å². The first-order valence-electron chi connectivity index (χ1n) is 7.05. The fraction of sp³-hybridized carbons (Fsp3) is 0.600. The zero-order valence-corrected chi connectivity index (χ0v) is 12.9. The predicted molar refractivity (Wildman–Crippen MR) is 82.7 cm³/mol. The van der Waals surface area contributed by atoms with Crippen LogP contribution in [0.15, 0.2) is 18.2 Å². The molecule has 0 spiro atoms. The summed E-state index contributed by atoms with van der Waals surface area (Å²) in [6.45, 7) is 7.08. The summed E-state index contributed by atoms with van der Waals surface area (Å²) in [6.07, 6.45) is 0.261. The van der Waals surface area contributed by atoms with Crippen molar-refractivity contribution in [3.63, 3.8) is 0 Å². The van der Waals surface area contributed by atoms with Gasteiger partial charge < -0.3 is 19.7 Å². The van der Waals surface area contributed by atoms with Crippen LogP contribution in [-0.2, 0) is 16.0 Å². The highest BCUT2D eigenvalue weighted by Gasteiger charge is 2.19. The van der Waals surface area contributed by atoms with E-state index >= 15 is 0 Å². The molecule has 1 aromatic carbocycles. The Hall–Kier alpha value is -0.810. The van der Waals surface area contributed by atoms with Crippen LogP contribution < -0.4 is 10.2 Å². The summed E-state index contributed by atoms with van der Waals surface area (Å²) in [5.41, 5.74) is 2.47. The van der Waals surface area contributed by atoms with Gasteiger partial charge in [-0.05, 0) is 24.6 Å². The molecule has 1 saturated heterocycles. The van der Waals surface area contributed by atoms with E-state index in [-0.39, 0.29) is 6.10 Å². The maximum Gasteiger partial charge on any atom is 0.0722 e. The number of ether oxygens (including phenoxy) is 2. The molecule has 0 aromatic heterocycles. The highest BCUT2D eigenvalue weighted by atomic mass is 35.5. The molecular formula is C15H23ClN2O2. The van der Waals surface area contributed by atoms with Gasteiger partial charge in [-0.2, -0.15) is 0 Å². The molecule has 1 heterocycles. The van der Waals surface area contributed by atoms with Crippen LogP contribution in [0.4, 0.5) is 5.69 Å². The molecule has 0 saturated carbocycles. The lowest BCUT2D eigenvalue weighted by Gasteiger charge is -2.34. The van der Waals surface area contributed by atoms with Gasteiger partial charge in [-0.3, -0.25) is 0 Å². The molecule has 0 bridgehead atoms.